The molecule has 1 aliphatic carbocycles. The molecule has 17 heavy (non-hydrogen) atoms. The van der Waals surface area contributed by atoms with E-state index in [1.807, 2.05) is 6.92 Å². The van der Waals surface area contributed by atoms with E-state index < -0.39 is 10.8 Å². The quantitative estimate of drug-likeness (QED) is 0.832. The van der Waals surface area contributed by atoms with Crippen molar-refractivity contribution in [2.24, 2.45) is 11.3 Å². The van der Waals surface area contributed by atoms with Gasteiger partial charge in [0.05, 0.1) is 6.10 Å². The fraction of sp³-hybridized carbons (Fsp3) is 1.00. The third-order valence-corrected chi connectivity index (χ3v) is 5.82. The zero-order valence-corrected chi connectivity index (χ0v) is 12.2. The lowest BCUT2D eigenvalue weighted by Crippen LogP contribution is -2.69. The second-order valence-electron chi connectivity index (χ2n) is 6.11. The predicted octanol–water partition coefficient (Wildman–Crippen LogP) is 1.55. The van der Waals surface area contributed by atoms with Gasteiger partial charge in [-0.25, -0.2) is 0 Å². The first kappa shape index (κ1) is 13.5. The van der Waals surface area contributed by atoms with Crippen molar-refractivity contribution in [2.75, 3.05) is 19.4 Å². The second kappa shape index (κ2) is 4.98. The van der Waals surface area contributed by atoms with Gasteiger partial charge in [0, 0.05) is 52.8 Å². The fourth-order valence-corrected chi connectivity index (χ4v) is 3.68. The SMILES string of the molecule is CC(CNC1C2CCCOC2C1(C)C)S(C)=O. The molecule has 1 N–H and O–H groups in total. The average molecular weight is 259 g/mol. The Labute approximate surface area is 107 Å². The largest absolute Gasteiger partial charge is 0.377 e. The third kappa shape index (κ3) is 2.45. The molecule has 2 rings (SSSR count). The normalized spacial score (nSPS) is 38.9. The Morgan fingerprint density at radius 3 is 2.88 bits per heavy atom. The third-order valence-electron chi connectivity index (χ3n) is 4.52. The summed E-state index contributed by atoms with van der Waals surface area (Å²) >= 11 is 0. The molecule has 4 heteroatoms. The van der Waals surface area contributed by atoms with E-state index >= 15 is 0 Å². The minimum atomic E-state index is -0.733. The lowest BCUT2D eigenvalue weighted by Gasteiger charge is -2.60. The van der Waals surface area contributed by atoms with Crippen LogP contribution >= 0.6 is 0 Å². The Bertz CT molecular complexity index is 306. The van der Waals surface area contributed by atoms with Crippen LogP contribution in [0, 0.1) is 11.3 Å². The van der Waals surface area contributed by atoms with E-state index in [0.29, 0.717) is 18.1 Å². The molecule has 0 amide bonds. The van der Waals surface area contributed by atoms with E-state index in [4.69, 9.17) is 4.74 Å². The van der Waals surface area contributed by atoms with Crippen molar-refractivity contribution in [1.82, 2.24) is 5.32 Å². The van der Waals surface area contributed by atoms with Gasteiger partial charge in [-0.15, -0.1) is 0 Å². The van der Waals surface area contributed by atoms with Crippen LogP contribution in [0.25, 0.3) is 0 Å². The van der Waals surface area contributed by atoms with Gasteiger partial charge < -0.3 is 10.1 Å². The lowest BCUT2D eigenvalue weighted by atomic mass is 9.55. The molecule has 5 unspecified atom stereocenters. The molecule has 3 nitrogen and oxygen atoms in total. The number of nitrogens with one attached hydrogen (secondary N) is 1. The number of hydrogen-bond donors (Lipinski definition) is 1. The molecule has 0 aromatic carbocycles. The highest BCUT2D eigenvalue weighted by Gasteiger charge is 2.57. The van der Waals surface area contributed by atoms with Crippen LogP contribution in [0.5, 0.6) is 0 Å². The van der Waals surface area contributed by atoms with Gasteiger partial charge in [0.2, 0.25) is 0 Å². The van der Waals surface area contributed by atoms with E-state index in [0.717, 1.165) is 13.2 Å². The molecule has 0 radical (unpaired) electrons. The second-order valence-corrected chi connectivity index (χ2v) is 7.92. The minimum absolute atomic E-state index is 0.222. The van der Waals surface area contributed by atoms with Crippen molar-refractivity contribution >= 4 is 10.8 Å². The van der Waals surface area contributed by atoms with Crippen molar-refractivity contribution < 1.29 is 8.95 Å². The van der Waals surface area contributed by atoms with Crippen LogP contribution in [-0.4, -0.2) is 41.0 Å². The molecular formula is C13H25NO2S. The van der Waals surface area contributed by atoms with Crippen molar-refractivity contribution in [3.8, 4) is 0 Å². The zero-order chi connectivity index (χ0) is 12.6. The van der Waals surface area contributed by atoms with Crippen molar-refractivity contribution in [2.45, 2.75) is 51.0 Å². The molecule has 1 heterocycles. The molecule has 2 fully saturated rings. The lowest BCUT2D eigenvalue weighted by molar-refractivity contribution is -0.192. The Kier molecular flexibility index (Phi) is 3.96. The Morgan fingerprint density at radius 1 is 1.53 bits per heavy atom. The van der Waals surface area contributed by atoms with E-state index in [-0.39, 0.29) is 10.7 Å². The zero-order valence-electron chi connectivity index (χ0n) is 11.4. The standard InChI is InChI=1S/C13H25NO2S/c1-9(17(4)15)8-14-11-10-6-5-7-16-12(10)13(11,2)3/h9-12,14H,5-8H2,1-4H3. The van der Waals surface area contributed by atoms with Crippen LogP contribution in [0.15, 0.2) is 0 Å². The van der Waals surface area contributed by atoms with Gasteiger partial charge in [-0.05, 0) is 19.8 Å². The van der Waals surface area contributed by atoms with Gasteiger partial charge in [0.1, 0.15) is 0 Å². The Morgan fingerprint density at radius 2 is 2.24 bits per heavy atom. The summed E-state index contributed by atoms with van der Waals surface area (Å²) in [4.78, 5) is 0. The van der Waals surface area contributed by atoms with Gasteiger partial charge in [-0.3, -0.25) is 4.21 Å². The summed E-state index contributed by atoms with van der Waals surface area (Å²) in [6, 6.07) is 0.527. The first-order valence-corrected chi connectivity index (χ1v) is 8.24. The summed E-state index contributed by atoms with van der Waals surface area (Å²) in [5.41, 5.74) is 0.222. The van der Waals surface area contributed by atoms with Crippen molar-refractivity contribution in [1.29, 1.82) is 0 Å². The van der Waals surface area contributed by atoms with E-state index in [1.165, 1.54) is 12.8 Å². The highest BCUT2D eigenvalue weighted by Crippen LogP contribution is 2.51. The molecule has 0 aromatic heterocycles. The summed E-state index contributed by atoms with van der Waals surface area (Å²) in [6.07, 6.45) is 4.67. The predicted molar refractivity (Wildman–Crippen MR) is 71.6 cm³/mol. The molecule has 0 aromatic rings. The maximum atomic E-state index is 11.4. The monoisotopic (exact) mass is 259 g/mol. The van der Waals surface area contributed by atoms with Crippen LogP contribution in [0.4, 0.5) is 0 Å². The molecule has 0 bridgehead atoms. The van der Waals surface area contributed by atoms with Gasteiger partial charge in [-0.1, -0.05) is 13.8 Å². The Balaban J connectivity index is 1.90. The fourth-order valence-electron chi connectivity index (χ4n) is 3.35. The molecule has 0 spiro atoms. The first-order valence-electron chi connectivity index (χ1n) is 6.62. The Hall–Kier alpha value is 0.0700. The number of fused-ring (bicyclic) bond motifs is 1. The van der Waals surface area contributed by atoms with Gasteiger partial charge in [-0.2, -0.15) is 0 Å². The van der Waals surface area contributed by atoms with Gasteiger partial charge in [0.25, 0.3) is 0 Å². The molecule has 1 saturated carbocycles. The summed E-state index contributed by atoms with van der Waals surface area (Å²) in [5, 5.41) is 3.85. The maximum absolute atomic E-state index is 11.4. The topological polar surface area (TPSA) is 38.3 Å². The molecule has 1 aliphatic heterocycles. The minimum Gasteiger partial charge on any atom is -0.377 e. The van der Waals surface area contributed by atoms with E-state index in [1.54, 1.807) is 6.26 Å². The highest BCUT2D eigenvalue weighted by atomic mass is 32.2. The van der Waals surface area contributed by atoms with E-state index in [2.05, 4.69) is 19.2 Å². The summed E-state index contributed by atoms with van der Waals surface area (Å²) in [5.74, 6) is 0.663. The van der Waals surface area contributed by atoms with Gasteiger partial charge >= 0.3 is 0 Å². The number of ether oxygens (including phenoxy) is 1. The average Bonchev–Trinajstić information content (AvgIpc) is 2.28. The maximum Gasteiger partial charge on any atom is 0.0684 e. The van der Waals surface area contributed by atoms with Crippen molar-refractivity contribution in [3.05, 3.63) is 0 Å². The summed E-state index contributed by atoms with van der Waals surface area (Å²) in [7, 11) is -0.733. The highest BCUT2D eigenvalue weighted by molar-refractivity contribution is 7.84. The summed E-state index contributed by atoms with van der Waals surface area (Å²) < 4.78 is 17.2. The van der Waals surface area contributed by atoms with Crippen LogP contribution in [0.2, 0.25) is 0 Å². The van der Waals surface area contributed by atoms with Crippen LogP contribution in [-0.2, 0) is 15.5 Å². The van der Waals surface area contributed by atoms with E-state index in [9.17, 15) is 4.21 Å². The molecule has 100 valence electrons. The molecular weight excluding hydrogens is 234 g/mol. The number of hydrogen-bond acceptors (Lipinski definition) is 3. The number of rotatable bonds is 4. The summed E-state index contributed by atoms with van der Waals surface area (Å²) in [6.45, 7) is 8.38. The molecule has 1 saturated heterocycles. The van der Waals surface area contributed by atoms with Crippen LogP contribution in [0.3, 0.4) is 0 Å². The molecule has 2 aliphatic rings. The van der Waals surface area contributed by atoms with Gasteiger partial charge in [0.15, 0.2) is 0 Å². The molecule has 5 atom stereocenters. The van der Waals surface area contributed by atoms with Crippen LogP contribution < -0.4 is 5.32 Å². The first-order chi connectivity index (χ1) is 7.94. The smallest absolute Gasteiger partial charge is 0.0684 e. The van der Waals surface area contributed by atoms with Crippen molar-refractivity contribution in [3.63, 3.8) is 0 Å². The van der Waals surface area contributed by atoms with Crippen LogP contribution in [0.1, 0.15) is 33.6 Å².